The van der Waals surface area contributed by atoms with Gasteiger partial charge in [0.1, 0.15) is 0 Å². The number of allylic oxidation sites excluding steroid dienone is 1. The molecular formula is C16H28O2. The van der Waals surface area contributed by atoms with Crippen molar-refractivity contribution in [1.82, 2.24) is 0 Å². The van der Waals surface area contributed by atoms with Gasteiger partial charge >= 0.3 is 5.97 Å². The van der Waals surface area contributed by atoms with Gasteiger partial charge in [-0.25, -0.2) is 0 Å². The second-order valence-corrected chi connectivity index (χ2v) is 6.25. The molecule has 0 bridgehead atoms. The Hall–Kier alpha value is -0.790. The van der Waals surface area contributed by atoms with Gasteiger partial charge in [0, 0.05) is 0 Å². The highest BCUT2D eigenvalue weighted by molar-refractivity contribution is 5.79. The van der Waals surface area contributed by atoms with Crippen LogP contribution in [-0.2, 0) is 9.53 Å². The molecule has 0 saturated carbocycles. The number of esters is 1. The Labute approximate surface area is 112 Å². The zero-order valence-corrected chi connectivity index (χ0v) is 12.6. The molecule has 0 radical (unpaired) electrons. The summed E-state index contributed by atoms with van der Waals surface area (Å²) in [5, 5.41) is 0. The van der Waals surface area contributed by atoms with Gasteiger partial charge in [-0.2, -0.15) is 0 Å². The second-order valence-electron chi connectivity index (χ2n) is 6.25. The van der Waals surface area contributed by atoms with Gasteiger partial charge in [0.15, 0.2) is 0 Å². The van der Waals surface area contributed by atoms with Crippen molar-refractivity contribution in [3.8, 4) is 0 Å². The number of unbranched alkanes of at least 4 members (excludes halogenated alkanes) is 1. The van der Waals surface area contributed by atoms with Gasteiger partial charge < -0.3 is 4.74 Å². The molecule has 1 rings (SSSR count). The van der Waals surface area contributed by atoms with Crippen LogP contribution in [0.25, 0.3) is 0 Å². The average Bonchev–Trinajstić information content (AvgIpc) is 2.79. The van der Waals surface area contributed by atoms with Gasteiger partial charge in [-0.1, -0.05) is 38.8 Å². The van der Waals surface area contributed by atoms with E-state index in [2.05, 4.69) is 26.8 Å². The largest absolute Gasteiger partial charge is 0.465 e. The van der Waals surface area contributed by atoms with Crippen molar-refractivity contribution >= 4 is 5.97 Å². The fraction of sp³-hybridized carbons (Fsp3) is 0.812. The Balaban J connectivity index is 2.63. The standard InChI is InChI=1S/C16H28O2/c1-6-7-10-18-15(17)16(4,5)14-9-8-13(11-14)12(2)3/h11-13H,6-10H2,1-5H3. The van der Waals surface area contributed by atoms with E-state index in [1.54, 1.807) is 0 Å². The number of carbonyl (C=O) groups is 1. The van der Waals surface area contributed by atoms with Crippen molar-refractivity contribution in [2.75, 3.05) is 6.61 Å². The van der Waals surface area contributed by atoms with E-state index in [0.717, 1.165) is 19.3 Å². The summed E-state index contributed by atoms with van der Waals surface area (Å²) in [7, 11) is 0. The summed E-state index contributed by atoms with van der Waals surface area (Å²) < 4.78 is 5.38. The maximum Gasteiger partial charge on any atom is 0.315 e. The van der Waals surface area contributed by atoms with Crippen LogP contribution in [0.2, 0.25) is 0 Å². The van der Waals surface area contributed by atoms with E-state index >= 15 is 0 Å². The van der Waals surface area contributed by atoms with E-state index in [4.69, 9.17) is 4.74 Å². The zero-order valence-electron chi connectivity index (χ0n) is 12.6. The first-order chi connectivity index (χ1) is 8.39. The molecule has 1 aliphatic rings. The SMILES string of the molecule is CCCCOC(=O)C(C)(C)C1=CC(C(C)C)CC1. The topological polar surface area (TPSA) is 26.3 Å². The summed E-state index contributed by atoms with van der Waals surface area (Å²) >= 11 is 0. The van der Waals surface area contributed by atoms with Crippen molar-refractivity contribution in [1.29, 1.82) is 0 Å². The number of hydrogen-bond donors (Lipinski definition) is 0. The highest BCUT2D eigenvalue weighted by Gasteiger charge is 2.36. The van der Waals surface area contributed by atoms with Crippen molar-refractivity contribution in [3.05, 3.63) is 11.6 Å². The minimum absolute atomic E-state index is 0.0633. The van der Waals surface area contributed by atoms with E-state index in [1.165, 1.54) is 12.0 Å². The van der Waals surface area contributed by atoms with Crippen LogP contribution in [0.4, 0.5) is 0 Å². The molecule has 2 nitrogen and oxygen atoms in total. The van der Waals surface area contributed by atoms with Crippen molar-refractivity contribution in [2.45, 2.75) is 60.3 Å². The molecular weight excluding hydrogens is 224 g/mol. The molecule has 0 aromatic heterocycles. The predicted molar refractivity (Wildman–Crippen MR) is 75.3 cm³/mol. The third kappa shape index (κ3) is 3.60. The second kappa shape index (κ2) is 6.40. The molecule has 0 aromatic carbocycles. The van der Waals surface area contributed by atoms with Gasteiger partial charge in [0.25, 0.3) is 0 Å². The van der Waals surface area contributed by atoms with Crippen LogP contribution in [-0.4, -0.2) is 12.6 Å². The highest BCUT2D eigenvalue weighted by Crippen LogP contribution is 2.40. The molecule has 2 heteroatoms. The fourth-order valence-corrected chi connectivity index (χ4v) is 2.41. The molecule has 0 aromatic rings. The lowest BCUT2D eigenvalue weighted by Crippen LogP contribution is -2.28. The van der Waals surface area contributed by atoms with Crippen LogP contribution in [0.3, 0.4) is 0 Å². The van der Waals surface area contributed by atoms with Crippen LogP contribution >= 0.6 is 0 Å². The molecule has 0 saturated heterocycles. The Morgan fingerprint density at radius 3 is 2.67 bits per heavy atom. The first kappa shape index (κ1) is 15.3. The number of hydrogen-bond acceptors (Lipinski definition) is 2. The lowest BCUT2D eigenvalue weighted by Gasteiger charge is -2.24. The normalized spacial score (nSPS) is 20.1. The van der Waals surface area contributed by atoms with E-state index in [9.17, 15) is 4.79 Å². The van der Waals surface area contributed by atoms with Crippen molar-refractivity contribution in [3.63, 3.8) is 0 Å². The van der Waals surface area contributed by atoms with E-state index in [-0.39, 0.29) is 5.97 Å². The quantitative estimate of drug-likeness (QED) is 0.399. The van der Waals surface area contributed by atoms with Crippen LogP contribution in [0.1, 0.15) is 60.3 Å². The zero-order chi connectivity index (χ0) is 13.8. The minimum atomic E-state index is -0.447. The van der Waals surface area contributed by atoms with E-state index in [1.807, 2.05) is 13.8 Å². The van der Waals surface area contributed by atoms with Gasteiger partial charge in [0.05, 0.1) is 12.0 Å². The van der Waals surface area contributed by atoms with E-state index in [0.29, 0.717) is 18.4 Å². The average molecular weight is 252 g/mol. The maximum absolute atomic E-state index is 12.1. The van der Waals surface area contributed by atoms with E-state index < -0.39 is 5.41 Å². The lowest BCUT2D eigenvalue weighted by atomic mass is 9.83. The van der Waals surface area contributed by atoms with Crippen LogP contribution in [0.5, 0.6) is 0 Å². The fourth-order valence-electron chi connectivity index (χ4n) is 2.41. The molecule has 104 valence electrons. The van der Waals surface area contributed by atoms with Gasteiger partial charge in [-0.05, 0) is 44.9 Å². The molecule has 0 N–H and O–H groups in total. The third-order valence-electron chi connectivity index (χ3n) is 4.06. The van der Waals surface area contributed by atoms with Crippen LogP contribution < -0.4 is 0 Å². The smallest absolute Gasteiger partial charge is 0.315 e. The Bertz CT molecular complexity index is 313. The monoisotopic (exact) mass is 252 g/mol. The molecule has 0 fully saturated rings. The molecule has 0 spiro atoms. The Morgan fingerprint density at radius 2 is 2.17 bits per heavy atom. The number of ether oxygens (including phenoxy) is 1. The summed E-state index contributed by atoms with van der Waals surface area (Å²) in [5.74, 6) is 1.23. The number of carbonyl (C=O) groups excluding carboxylic acids is 1. The Kier molecular flexibility index (Phi) is 5.43. The molecule has 1 atom stereocenters. The lowest BCUT2D eigenvalue weighted by molar-refractivity contribution is -0.152. The summed E-state index contributed by atoms with van der Waals surface area (Å²) in [4.78, 5) is 12.1. The molecule has 0 amide bonds. The predicted octanol–water partition coefficient (Wildman–Crippen LogP) is 4.35. The molecule has 1 aliphatic carbocycles. The summed E-state index contributed by atoms with van der Waals surface area (Å²) in [6, 6.07) is 0. The first-order valence-electron chi connectivity index (χ1n) is 7.28. The summed E-state index contributed by atoms with van der Waals surface area (Å²) in [6.45, 7) is 11.1. The summed E-state index contributed by atoms with van der Waals surface area (Å²) in [6.07, 6.45) is 6.55. The van der Waals surface area contributed by atoms with Gasteiger partial charge in [0.2, 0.25) is 0 Å². The van der Waals surface area contributed by atoms with Crippen LogP contribution in [0.15, 0.2) is 11.6 Å². The van der Waals surface area contributed by atoms with Crippen molar-refractivity contribution in [2.24, 2.45) is 17.3 Å². The number of rotatable bonds is 6. The maximum atomic E-state index is 12.1. The third-order valence-corrected chi connectivity index (χ3v) is 4.06. The minimum Gasteiger partial charge on any atom is -0.465 e. The molecule has 0 aliphatic heterocycles. The molecule has 1 unspecified atom stereocenters. The summed E-state index contributed by atoms with van der Waals surface area (Å²) in [5.41, 5.74) is 0.819. The van der Waals surface area contributed by atoms with Crippen LogP contribution in [0, 0.1) is 17.3 Å². The van der Waals surface area contributed by atoms with Gasteiger partial charge in [-0.15, -0.1) is 0 Å². The Morgan fingerprint density at radius 1 is 1.50 bits per heavy atom. The highest BCUT2D eigenvalue weighted by atomic mass is 16.5. The van der Waals surface area contributed by atoms with Gasteiger partial charge in [-0.3, -0.25) is 4.79 Å². The molecule has 0 heterocycles. The van der Waals surface area contributed by atoms with Crippen molar-refractivity contribution < 1.29 is 9.53 Å². The first-order valence-corrected chi connectivity index (χ1v) is 7.28. The molecule has 18 heavy (non-hydrogen) atoms.